The fourth-order valence-corrected chi connectivity index (χ4v) is 1.53. The number of Topliss-reactive ketones (excluding diaryl/α,β-unsaturated/α-hetero) is 1. The van der Waals surface area contributed by atoms with Crippen LogP contribution in [-0.4, -0.2) is 11.0 Å². The summed E-state index contributed by atoms with van der Waals surface area (Å²) in [6, 6.07) is 3.77. The summed E-state index contributed by atoms with van der Waals surface area (Å²) in [4.78, 5) is 10.9. The molecule has 0 amide bonds. The lowest BCUT2D eigenvalue weighted by Crippen LogP contribution is -2.07. The molecule has 1 rings (SSSR count). The SMILES string of the molecule is CC(=O)C(C)SCc1ccco1. The smallest absolute Gasteiger partial charge is 0.142 e. The highest BCUT2D eigenvalue weighted by Gasteiger charge is 2.08. The van der Waals surface area contributed by atoms with E-state index in [1.165, 1.54) is 0 Å². The Hall–Kier alpha value is -0.700. The van der Waals surface area contributed by atoms with Crippen LogP contribution in [0.3, 0.4) is 0 Å². The number of thioether (sulfide) groups is 1. The highest BCUT2D eigenvalue weighted by Crippen LogP contribution is 2.18. The molecule has 0 aliphatic heterocycles. The van der Waals surface area contributed by atoms with Gasteiger partial charge in [-0.25, -0.2) is 0 Å². The minimum absolute atomic E-state index is 0.0649. The van der Waals surface area contributed by atoms with Crippen LogP contribution in [0.25, 0.3) is 0 Å². The summed E-state index contributed by atoms with van der Waals surface area (Å²) in [5.41, 5.74) is 0. The van der Waals surface area contributed by atoms with Crippen LogP contribution in [0.1, 0.15) is 19.6 Å². The molecule has 12 heavy (non-hydrogen) atoms. The predicted molar refractivity (Wildman–Crippen MR) is 50.1 cm³/mol. The summed E-state index contributed by atoms with van der Waals surface area (Å²) in [5.74, 6) is 1.91. The molecular formula is C9H12O2S. The van der Waals surface area contributed by atoms with Gasteiger partial charge >= 0.3 is 0 Å². The topological polar surface area (TPSA) is 30.2 Å². The van der Waals surface area contributed by atoms with Gasteiger partial charge in [0.15, 0.2) is 0 Å². The molecule has 0 saturated carbocycles. The van der Waals surface area contributed by atoms with Crippen molar-refractivity contribution in [3.63, 3.8) is 0 Å². The fourth-order valence-electron chi connectivity index (χ4n) is 0.719. The largest absolute Gasteiger partial charge is 0.468 e. The highest BCUT2D eigenvalue weighted by molar-refractivity contribution is 7.99. The van der Waals surface area contributed by atoms with E-state index in [1.54, 1.807) is 24.9 Å². The van der Waals surface area contributed by atoms with Gasteiger partial charge in [-0.05, 0) is 26.0 Å². The summed E-state index contributed by atoms with van der Waals surface area (Å²) in [7, 11) is 0. The van der Waals surface area contributed by atoms with Crippen molar-refractivity contribution < 1.29 is 9.21 Å². The van der Waals surface area contributed by atoms with E-state index in [9.17, 15) is 4.79 Å². The van der Waals surface area contributed by atoms with Gasteiger partial charge in [-0.2, -0.15) is 0 Å². The standard InChI is InChI=1S/C9H12O2S/c1-7(10)8(2)12-6-9-4-3-5-11-9/h3-5,8H,6H2,1-2H3. The Morgan fingerprint density at radius 3 is 3.00 bits per heavy atom. The van der Waals surface area contributed by atoms with Crippen LogP contribution < -0.4 is 0 Å². The van der Waals surface area contributed by atoms with Gasteiger partial charge in [0.2, 0.25) is 0 Å². The van der Waals surface area contributed by atoms with Crippen LogP contribution in [0.5, 0.6) is 0 Å². The third-order valence-corrected chi connectivity index (χ3v) is 2.91. The lowest BCUT2D eigenvalue weighted by Gasteiger charge is -2.04. The maximum absolute atomic E-state index is 10.9. The van der Waals surface area contributed by atoms with Gasteiger partial charge in [0.1, 0.15) is 11.5 Å². The van der Waals surface area contributed by atoms with Crippen molar-refractivity contribution in [1.29, 1.82) is 0 Å². The van der Waals surface area contributed by atoms with Crippen molar-refractivity contribution in [2.45, 2.75) is 24.9 Å². The van der Waals surface area contributed by atoms with Crippen LogP contribution in [0.4, 0.5) is 0 Å². The maximum atomic E-state index is 10.9. The average Bonchev–Trinajstić information content (AvgIpc) is 2.51. The zero-order chi connectivity index (χ0) is 8.97. The maximum Gasteiger partial charge on any atom is 0.142 e. The van der Waals surface area contributed by atoms with Gasteiger partial charge in [-0.3, -0.25) is 4.79 Å². The van der Waals surface area contributed by atoms with Gasteiger partial charge in [-0.15, -0.1) is 11.8 Å². The first kappa shape index (κ1) is 9.39. The van der Waals surface area contributed by atoms with Crippen molar-refractivity contribution in [3.05, 3.63) is 24.2 Å². The molecule has 1 aromatic rings. The first-order valence-electron chi connectivity index (χ1n) is 3.84. The second kappa shape index (κ2) is 4.36. The number of hydrogen-bond acceptors (Lipinski definition) is 3. The number of rotatable bonds is 4. The number of ketones is 1. The Kier molecular flexibility index (Phi) is 3.41. The van der Waals surface area contributed by atoms with Crippen LogP contribution in [0.15, 0.2) is 22.8 Å². The van der Waals surface area contributed by atoms with Crippen LogP contribution >= 0.6 is 11.8 Å². The first-order chi connectivity index (χ1) is 5.70. The number of hydrogen-bond donors (Lipinski definition) is 0. The van der Waals surface area contributed by atoms with Crippen molar-refractivity contribution in [3.8, 4) is 0 Å². The van der Waals surface area contributed by atoms with Gasteiger partial charge in [0, 0.05) is 0 Å². The lowest BCUT2D eigenvalue weighted by molar-refractivity contribution is -0.116. The van der Waals surface area contributed by atoms with Crippen molar-refractivity contribution in [2.24, 2.45) is 0 Å². The van der Waals surface area contributed by atoms with Crippen molar-refractivity contribution in [1.82, 2.24) is 0 Å². The normalized spacial score (nSPS) is 12.8. The minimum atomic E-state index is 0.0649. The van der Waals surface area contributed by atoms with E-state index in [0.717, 1.165) is 11.5 Å². The quantitative estimate of drug-likeness (QED) is 0.720. The van der Waals surface area contributed by atoms with Crippen LogP contribution in [0, 0.1) is 0 Å². The second-order valence-corrected chi connectivity index (χ2v) is 3.97. The molecule has 3 heteroatoms. The molecule has 1 aromatic heterocycles. The van der Waals surface area contributed by atoms with Crippen LogP contribution in [0.2, 0.25) is 0 Å². The molecule has 1 atom stereocenters. The monoisotopic (exact) mass is 184 g/mol. The highest BCUT2D eigenvalue weighted by atomic mass is 32.2. The molecule has 2 nitrogen and oxygen atoms in total. The molecule has 66 valence electrons. The lowest BCUT2D eigenvalue weighted by atomic mass is 10.3. The zero-order valence-electron chi connectivity index (χ0n) is 7.24. The van der Waals surface area contributed by atoms with E-state index >= 15 is 0 Å². The van der Waals surface area contributed by atoms with E-state index < -0.39 is 0 Å². The summed E-state index contributed by atoms with van der Waals surface area (Å²) in [5, 5.41) is 0.0649. The number of furan rings is 1. The summed E-state index contributed by atoms with van der Waals surface area (Å²) < 4.78 is 5.13. The molecule has 0 saturated heterocycles. The molecule has 0 aliphatic rings. The Bertz CT molecular complexity index is 241. The summed E-state index contributed by atoms with van der Waals surface area (Å²) in [6.07, 6.45) is 1.65. The summed E-state index contributed by atoms with van der Waals surface area (Å²) >= 11 is 1.60. The number of carbonyl (C=O) groups excluding carboxylic acids is 1. The summed E-state index contributed by atoms with van der Waals surface area (Å²) in [6.45, 7) is 3.52. The predicted octanol–water partition coefficient (Wildman–Crippen LogP) is 2.49. The van der Waals surface area contributed by atoms with Gasteiger partial charge in [0.05, 0.1) is 17.3 Å². The minimum Gasteiger partial charge on any atom is -0.468 e. The third-order valence-electron chi connectivity index (χ3n) is 1.63. The van der Waals surface area contributed by atoms with E-state index in [2.05, 4.69) is 0 Å². The Morgan fingerprint density at radius 1 is 1.75 bits per heavy atom. The molecule has 0 aromatic carbocycles. The zero-order valence-corrected chi connectivity index (χ0v) is 8.06. The Labute approximate surface area is 76.3 Å². The van der Waals surface area contributed by atoms with Gasteiger partial charge in [-0.1, -0.05) is 0 Å². The Morgan fingerprint density at radius 2 is 2.50 bits per heavy atom. The molecule has 0 fully saturated rings. The molecule has 1 unspecified atom stereocenters. The van der Waals surface area contributed by atoms with Crippen LogP contribution in [-0.2, 0) is 10.5 Å². The van der Waals surface area contributed by atoms with Crippen molar-refractivity contribution >= 4 is 17.5 Å². The van der Waals surface area contributed by atoms with Gasteiger partial charge in [0.25, 0.3) is 0 Å². The molecule has 0 bridgehead atoms. The average molecular weight is 184 g/mol. The van der Waals surface area contributed by atoms with E-state index in [0.29, 0.717) is 0 Å². The molecule has 0 aliphatic carbocycles. The Balaban J connectivity index is 2.31. The fraction of sp³-hybridized carbons (Fsp3) is 0.444. The van der Waals surface area contributed by atoms with Gasteiger partial charge < -0.3 is 4.42 Å². The van der Waals surface area contributed by atoms with Crippen molar-refractivity contribution in [2.75, 3.05) is 0 Å². The second-order valence-electron chi connectivity index (χ2n) is 2.64. The van der Waals surface area contributed by atoms with E-state index in [1.807, 2.05) is 19.1 Å². The molecule has 0 spiro atoms. The molecule has 0 radical (unpaired) electrons. The first-order valence-corrected chi connectivity index (χ1v) is 4.89. The number of carbonyl (C=O) groups is 1. The molecule has 1 heterocycles. The third kappa shape index (κ3) is 2.74. The van der Waals surface area contributed by atoms with E-state index in [4.69, 9.17) is 4.42 Å². The molecular weight excluding hydrogens is 172 g/mol. The van der Waals surface area contributed by atoms with E-state index in [-0.39, 0.29) is 11.0 Å². The molecule has 0 N–H and O–H groups in total.